The predicted molar refractivity (Wildman–Crippen MR) is 98.2 cm³/mol. The third-order valence-electron chi connectivity index (χ3n) is 3.95. The number of fused-ring (bicyclic) bond motifs is 1. The molecule has 0 saturated carbocycles. The lowest BCUT2D eigenvalue weighted by Crippen LogP contribution is -2.24. The number of ether oxygens (including phenoxy) is 1. The SMILES string of the molecule is NC(COc1ccc(Cl)cc1)=NC(=O)Cn1nc(C(F)(F)F)c2c1CCC=C2. The van der Waals surface area contributed by atoms with Crippen molar-refractivity contribution in [1.29, 1.82) is 0 Å². The highest BCUT2D eigenvalue weighted by atomic mass is 35.5. The van der Waals surface area contributed by atoms with Crippen LogP contribution in [-0.4, -0.2) is 28.1 Å². The number of halogens is 4. The average molecular weight is 413 g/mol. The molecule has 1 aliphatic rings. The van der Waals surface area contributed by atoms with E-state index in [4.69, 9.17) is 22.1 Å². The maximum atomic E-state index is 13.2. The van der Waals surface area contributed by atoms with Gasteiger partial charge in [-0.15, -0.1) is 0 Å². The number of nitrogens with zero attached hydrogens (tertiary/aromatic N) is 3. The van der Waals surface area contributed by atoms with Crippen molar-refractivity contribution in [3.63, 3.8) is 0 Å². The average Bonchev–Trinajstić information content (AvgIpc) is 3.00. The van der Waals surface area contributed by atoms with E-state index >= 15 is 0 Å². The molecule has 0 bridgehead atoms. The number of amides is 1. The summed E-state index contributed by atoms with van der Waals surface area (Å²) in [5.41, 5.74) is 5.02. The topological polar surface area (TPSA) is 82.5 Å². The fourth-order valence-corrected chi connectivity index (χ4v) is 2.88. The van der Waals surface area contributed by atoms with Gasteiger partial charge in [-0.3, -0.25) is 9.48 Å². The molecule has 6 nitrogen and oxygen atoms in total. The van der Waals surface area contributed by atoms with Crippen LogP contribution in [-0.2, 0) is 23.9 Å². The summed E-state index contributed by atoms with van der Waals surface area (Å²) in [6, 6.07) is 6.51. The summed E-state index contributed by atoms with van der Waals surface area (Å²) in [6.07, 6.45) is -0.636. The van der Waals surface area contributed by atoms with Crippen molar-refractivity contribution in [3.05, 3.63) is 52.3 Å². The summed E-state index contributed by atoms with van der Waals surface area (Å²) >= 11 is 5.77. The Hall–Kier alpha value is -2.81. The zero-order valence-corrected chi connectivity index (χ0v) is 15.3. The van der Waals surface area contributed by atoms with Gasteiger partial charge in [0.25, 0.3) is 5.91 Å². The number of amidine groups is 1. The number of aliphatic imine (C=N–C) groups is 1. The molecule has 0 saturated heterocycles. The molecule has 2 N–H and O–H groups in total. The first-order valence-electron chi connectivity index (χ1n) is 8.31. The molecule has 2 aromatic rings. The van der Waals surface area contributed by atoms with Crippen molar-refractivity contribution >= 4 is 29.4 Å². The third-order valence-corrected chi connectivity index (χ3v) is 4.20. The molecule has 148 valence electrons. The van der Waals surface area contributed by atoms with E-state index in [9.17, 15) is 18.0 Å². The van der Waals surface area contributed by atoms with E-state index in [2.05, 4.69) is 10.1 Å². The van der Waals surface area contributed by atoms with Gasteiger partial charge in [0, 0.05) is 16.3 Å². The van der Waals surface area contributed by atoms with Gasteiger partial charge in [0.1, 0.15) is 24.7 Å². The smallest absolute Gasteiger partial charge is 0.435 e. The van der Waals surface area contributed by atoms with E-state index in [1.54, 1.807) is 30.3 Å². The van der Waals surface area contributed by atoms with Crippen molar-refractivity contribution in [2.75, 3.05) is 6.61 Å². The van der Waals surface area contributed by atoms with Gasteiger partial charge in [-0.1, -0.05) is 23.8 Å². The Bertz CT molecular complexity index is 934. The van der Waals surface area contributed by atoms with E-state index in [1.807, 2.05) is 0 Å². The number of hydrogen-bond acceptors (Lipinski definition) is 3. The Morgan fingerprint density at radius 1 is 1.32 bits per heavy atom. The molecule has 1 aromatic heterocycles. The van der Waals surface area contributed by atoms with Crippen LogP contribution in [0.2, 0.25) is 5.02 Å². The maximum Gasteiger partial charge on any atom is 0.435 e. The lowest BCUT2D eigenvalue weighted by atomic mass is 10.0. The van der Waals surface area contributed by atoms with Crippen LogP contribution in [0.1, 0.15) is 23.4 Å². The second-order valence-corrected chi connectivity index (χ2v) is 6.48. The maximum absolute atomic E-state index is 13.2. The minimum Gasteiger partial charge on any atom is -0.486 e. The van der Waals surface area contributed by atoms with Gasteiger partial charge in [0.05, 0.1) is 0 Å². The van der Waals surface area contributed by atoms with Crippen molar-refractivity contribution in [2.45, 2.75) is 25.6 Å². The number of carbonyl (C=O) groups excluding carboxylic acids is 1. The van der Waals surface area contributed by atoms with Crippen LogP contribution in [0.4, 0.5) is 13.2 Å². The number of allylic oxidation sites excluding steroid dienone is 1. The van der Waals surface area contributed by atoms with Crippen LogP contribution in [0.5, 0.6) is 5.75 Å². The van der Waals surface area contributed by atoms with E-state index in [-0.39, 0.29) is 18.0 Å². The summed E-state index contributed by atoms with van der Waals surface area (Å²) in [7, 11) is 0. The van der Waals surface area contributed by atoms with Crippen LogP contribution >= 0.6 is 11.6 Å². The Labute approximate surface area is 163 Å². The highest BCUT2D eigenvalue weighted by Gasteiger charge is 2.39. The fraction of sp³-hybridized carbons (Fsp3) is 0.278. The van der Waals surface area contributed by atoms with Gasteiger partial charge in [0.2, 0.25) is 0 Å². The Balaban J connectivity index is 1.69. The molecule has 0 atom stereocenters. The molecule has 1 aliphatic carbocycles. The van der Waals surface area contributed by atoms with Crippen molar-refractivity contribution in [2.24, 2.45) is 10.7 Å². The van der Waals surface area contributed by atoms with Crippen molar-refractivity contribution in [3.8, 4) is 5.75 Å². The zero-order chi connectivity index (χ0) is 20.3. The molecule has 3 rings (SSSR count). The Morgan fingerprint density at radius 2 is 2.04 bits per heavy atom. The summed E-state index contributed by atoms with van der Waals surface area (Å²) in [5.74, 6) is -0.333. The number of nitrogens with two attached hydrogens (primary N) is 1. The number of aromatic nitrogens is 2. The second kappa shape index (κ2) is 8.05. The predicted octanol–water partition coefficient (Wildman–Crippen LogP) is 3.48. The highest BCUT2D eigenvalue weighted by molar-refractivity contribution is 6.30. The number of alkyl halides is 3. The van der Waals surface area contributed by atoms with Gasteiger partial charge in [0.15, 0.2) is 5.69 Å². The summed E-state index contributed by atoms with van der Waals surface area (Å²) in [6.45, 7) is -0.588. The van der Waals surface area contributed by atoms with Crippen molar-refractivity contribution < 1.29 is 22.7 Å². The quantitative estimate of drug-likeness (QED) is 0.602. The minimum absolute atomic E-state index is 0.00502. The van der Waals surface area contributed by atoms with Crippen LogP contribution in [0.15, 0.2) is 35.3 Å². The van der Waals surface area contributed by atoms with Gasteiger partial charge in [-0.25, -0.2) is 0 Å². The molecular formula is C18H16ClF3N4O2. The van der Waals surface area contributed by atoms with Gasteiger partial charge in [-0.05, 0) is 37.1 Å². The standard InChI is InChI=1S/C18H16ClF3N4O2/c19-11-5-7-12(8-6-11)28-10-15(23)24-16(27)9-26-14-4-2-1-3-13(14)17(25-26)18(20,21)22/h1,3,5-8H,2,4,9-10H2,(H2,23,24,27). The third kappa shape index (κ3) is 4.72. The first kappa shape index (κ1) is 19.9. The first-order valence-corrected chi connectivity index (χ1v) is 8.69. The fourth-order valence-electron chi connectivity index (χ4n) is 2.75. The van der Waals surface area contributed by atoms with Crippen LogP contribution in [0.3, 0.4) is 0 Å². The lowest BCUT2D eigenvalue weighted by Gasteiger charge is -2.09. The van der Waals surface area contributed by atoms with Crippen LogP contribution in [0.25, 0.3) is 6.08 Å². The molecule has 0 unspecified atom stereocenters. The van der Waals surface area contributed by atoms with E-state index in [0.717, 1.165) is 4.68 Å². The molecule has 0 spiro atoms. The highest BCUT2D eigenvalue weighted by Crippen LogP contribution is 2.35. The molecule has 1 aromatic carbocycles. The minimum atomic E-state index is -4.60. The zero-order valence-electron chi connectivity index (χ0n) is 14.5. The normalized spacial score (nSPS) is 14.1. The molecule has 0 aliphatic heterocycles. The first-order chi connectivity index (χ1) is 13.2. The van der Waals surface area contributed by atoms with Gasteiger partial charge >= 0.3 is 6.18 Å². The number of hydrogen-bond donors (Lipinski definition) is 1. The van der Waals surface area contributed by atoms with Gasteiger partial charge in [-0.2, -0.15) is 23.3 Å². The molecular weight excluding hydrogens is 397 g/mol. The molecule has 28 heavy (non-hydrogen) atoms. The van der Waals surface area contributed by atoms with Crippen LogP contribution in [0, 0.1) is 0 Å². The molecule has 0 radical (unpaired) electrons. The Morgan fingerprint density at radius 3 is 2.71 bits per heavy atom. The summed E-state index contributed by atoms with van der Waals surface area (Å²) < 4.78 is 45.9. The molecule has 1 heterocycles. The molecule has 0 fully saturated rings. The van der Waals surface area contributed by atoms with E-state index in [1.165, 1.54) is 6.08 Å². The van der Waals surface area contributed by atoms with E-state index in [0.29, 0.717) is 29.3 Å². The number of rotatable bonds is 5. The molecule has 10 heteroatoms. The van der Waals surface area contributed by atoms with Crippen molar-refractivity contribution in [1.82, 2.24) is 9.78 Å². The van der Waals surface area contributed by atoms with Crippen LogP contribution < -0.4 is 10.5 Å². The monoisotopic (exact) mass is 412 g/mol. The van der Waals surface area contributed by atoms with Gasteiger partial charge < -0.3 is 10.5 Å². The summed E-state index contributed by atoms with van der Waals surface area (Å²) in [4.78, 5) is 15.8. The molecule has 1 amide bonds. The number of benzene rings is 1. The van der Waals surface area contributed by atoms with E-state index < -0.39 is 24.3 Å². The second-order valence-electron chi connectivity index (χ2n) is 6.04. The largest absolute Gasteiger partial charge is 0.486 e. The summed E-state index contributed by atoms with van der Waals surface area (Å²) in [5, 5.41) is 4.12. The Kier molecular flexibility index (Phi) is 5.73. The lowest BCUT2D eigenvalue weighted by molar-refractivity contribution is -0.141. The number of carbonyl (C=O) groups is 1.